The van der Waals surface area contributed by atoms with Crippen molar-refractivity contribution in [3.8, 4) is 0 Å². The van der Waals surface area contributed by atoms with Crippen molar-refractivity contribution in [3.05, 3.63) is 0 Å². The summed E-state index contributed by atoms with van der Waals surface area (Å²) in [6.07, 6.45) is 4.08. The molecule has 0 rings (SSSR count). The van der Waals surface area contributed by atoms with E-state index in [9.17, 15) is 4.79 Å². The molecule has 1 amide bonds. The van der Waals surface area contributed by atoms with Gasteiger partial charge in [-0.25, -0.2) is 0 Å². The number of hydrogen-bond acceptors (Lipinski definition) is 2. The molecule has 0 bridgehead atoms. The van der Waals surface area contributed by atoms with Gasteiger partial charge in [-0.05, 0) is 12.8 Å². The summed E-state index contributed by atoms with van der Waals surface area (Å²) in [4.78, 5) is 11.4. The van der Waals surface area contributed by atoms with Gasteiger partial charge < -0.3 is 10.4 Å². The van der Waals surface area contributed by atoms with Gasteiger partial charge in [0.25, 0.3) is 0 Å². The predicted octanol–water partition coefficient (Wildman–Crippen LogP) is 1.31. The smallest absolute Gasteiger partial charge is 0.223 e. The van der Waals surface area contributed by atoms with E-state index in [4.69, 9.17) is 5.11 Å². The highest BCUT2D eigenvalue weighted by Crippen LogP contribution is 2.12. The van der Waals surface area contributed by atoms with E-state index in [0.717, 1.165) is 25.7 Å². The fraction of sp³-hybridized carbons (Fsp3) is 0.900. The van der Waals surface area contributed by atoms with Gasteiger partial charge in [-0.15, -0.1) is 0 Å². The van der Waals surface area contributed by atoms with E-state index < -0.39 is 0 Å². The Balaban J connectivity index is 3.71. The molecule has 3 heteroatoms. The topological polar surface area (TPSA) is 49.3 Å². The summed E-state index contributed by atoms with van der Waals surface area (Å²) in [6.45, 7) is 4.55. The van der Waals surface area contributed by atoms with E-state index in [1.54, 1.807) is 0 Å². The molecule has 0 spiro atoms. The molecule has 2 N–H and O–H groups in total. The van der Waals surface area contributed by atoms with Crippen LogP contribution < -0.4 is 5.32 Å². The van der Waals surface area contributed by atoms with Crippen molar-refractivity contribution in [2.45, 2.75) is 39.5 Å². The molecule has 0 saturated carbocycles. The molecule has 0 aromatic rings. The number of hydrogen-bond donors (Lipinski definition) is 2. The summed E-state index contributed by atoms with van der Waals surface area (Å²) in [5, 5.41) is 11.2. The fourth-order valence-corrected chi connectivity index (χ4v) is 1.29. The van der Waals surface area contributed by atoms with E-state index in [2.05, 4.69) is 12.2 Å². The van der Waals surface area contributed by atoms with Crippen molar-refractivity contribution < 1.29 is 9.90 Å². The molecular weight excluding hydrogens is 166 g/mol. The van der Waals surface area contributed by atoms with E-state index in [0.29, 0.717) is 6.54 Å². The van der Waals surface area contributed by atoms with E-state index in [1.165, 1.54) is 0 Å². The zero-order valence-corrected chi connectivity index (χ0v) is 8.68. The Labute approximate surface area is 80.5 Å². The Morgan fingerprint density at radius 2 is 2.15 bits per heavy atom. The zero-order valence-electron chi connectivity index (χ0n) is 8.68. The first-order valence-electron chi connectivity index (χ1n) is 5.14. The molecule has 0 saturated heterocycles. The average molecular weight is 187 g/mol. The molecule has 78 valence electrons. The number of rotatable bonds is 7. The molecule has 0 heterocycles. The molecule has 0 aliphatic carbocycles. The SMILES string of the molecule is CCCC[C@@H](CC)C(=O)NCCO. The van der Waals surface area contributed by atoms with Crippen LogP contribution in [0.15, 0.2) is 0 Å². The Hall–Kier alpha value is -0.570. The van der Waals surface area contributed by atoms with Crippen molar-refractivity contribution in [1.82, 2.24) is 5.32 Å². The maximum Gasteiger partial charge on any atom is 0.223 e. The van der Waals surface area contributed by atoms with Gasteiger partial charge in [0.15, 0.2) is 0 Å². The quantitative estimate of drug-likeness (QED) is 0.631. The highest BCUT2D eigenvalue weighted by atomic mass is 16.3. The van der Waals surface area contributed by atoms with Crippen molar-refractivity contribution in [3.63, 3.8) is 0 Å². The Kier molecular flexibility index (Phi) is 7.69. The number of carbonyl (C=O) groups is 1. The zero-order chi connectivity index (χ0) is 10.1. The molecule has 0 unspecified atom stereocenters. The van der Waals surface area contributed by atoms with Crippen LogP contribution in [-0.2, 0) is 4.79 Å². The van der Waals surface area contributed by atoms with Crippen molar-refractivity contribution in [1.29, 1.82) is 0 Å². The molecular formula is C10H21NO2. The van der Waals surface area contributed by atoms with Crippen LogP contribution in [0.3, 0.4) is 0 Å². The summed E-state index contributed by atoms with van der Waals surface area (Å²) in [6, 6.07) is 0. The molecule has 0 aliphatic heterocycles. The molecule has 0 radical (unpaired) electrons. The van der Waals surface area contributed by atoms with Gasteiger partial charge in [0.05, 0.1) is 6.61 Å². The van der Waals surface area contributed by atoms with Crippen molar-refractivity contribution >= 4 is 5.91 Å². The van der Waals surface area contributed by atoms with Crippen LogP contribution in [0.2, 0.25) is 0 Å². The minimum Gasteiger partial charge on any atom is -0.395 e. The number of aliphatic hydroxyl groups is 1. The normalized spacial score (nSPS) is 12.5. The minimum atomic E-state index is 0.0238. The monoisotopic (exact) mass is 187 g/mol. The molecule has 3 nitrogen and oxygen atoms in total. The molecule has 0 fully saturated rings. The largest absolute Gasteiger partial charge is 0.395 e. The lowest BCUT2D eigenvalue weighted by Crippen LogP contribution is -2.32. The maximum absolute atomic E-state index is 11.4. The van der Waals surface area contributed by atoms with Gasteiger partial charge >= 0.3 is 0 Å². The third kappa shape index (κ3) is 5.64. The van der Waals surface area contributed by atoms with E-state index >= 15 is 0 Å². The average Bonchev–Trinajstić information content (AvgIpc) is 2.16. The lowest BCUT2D eigenvalue weighted by atomic mass is 9.98. The van der Waals surface area contributed by atoms with Gasteiger partial charge in [0.2, 0.25) is 5.91 Å². The fourth-order valence-electron chi connectivity index (χ4n) is 1.29. The maximum atomic E-state index is 11.4. The second kappa shape index (κ2) is 8.05. The molecule has 0 aromatic carbocycles. The lowest BCUT2D eigenvalue weighted by molar-refractivity contribution is -0.125. The van der Waals surface area contributed by atoms with Crippen LogP contribution in [0.5, 0.6) is 0 Å². The van der Waals surface area contributed by atoms with Gasteiger partial charge in [-0.3, -0.25) is 4.79 Å². The highest BCUT2D eigenvalue weighted by molar-refractivity contribution is 5.78. The lowest BCUT2D eigenvalue weighted by Gasteiger charge is -2.13. The van der Waals surface area contributed by atoms with Crippen molar-refractivity contribution in [2.24, 2.45) is 5.92 Å². The number of aliphatic hydroxyl groups excluding tert-OH is 1. The molecule has 0 aromatic heterocycles. The Bertz CT molecular complexity index is 137. The van der Waals surface area contributed by atoms with Crippen LogP contribution in [-0.4, -0.2) is 24.2 Å². The molecule has 1 atom stereocenters. The predicted molar refractivity (Wildman–Crippen MR) is 53.4 cm³/mol. The molecule has 0 aliphatic rings. The Morgan fingerprint density at radius 3 is 2.62 bits per heavy atom. The van der Waals surface area contributed by atoms with Gasteiger partial charge in [-0.1, -0.05) is 26.7 Å². The third-order valence-corrected chi connectivity index (χ3v) is 2.18. The molecule has 13 heavy (non-hydrogen) atoms. The first kappa shape index (κ1) is 12.4. The standard InChI is InChI=1S/C10H21NO2/c1-3-5-6-9(4-2)10(13)11-7-8-12/h9,12H,3-8H2,1-2H3,(H,11,13)/t9-/m1/s1. The van der Waals surface area contributed by atoms with Crippen LogP contribution in [0, 0.1) is 5.92 Å². The van der Waals surface area contributed by atoms with Crippen LogP contribution >= 0.6 is 0 Å². The van der Waals surface area contributed by atoms with Gasteiger partial charge in [0.1, 0.15) is 0 Å². The van der Waals surface area contributed by atoms with Gasteiger partial charge in [-0.2, -0.15) is 0 Å². The van der Waals surface area contributed by atoms with Gasteiger partial charge in [0, 0.05) is 12.5 Å². The summed E-state index contributed by atoms with van der Waals surface area (Å²) < 4.78 is 0. The number of amides is 1. The summed E-state index contributed by atoms with van der Waals surface area (Å²) in [7, 11) is 0. The van der Waals surface area contributed by atoms with Crippen LogP contribution in [0.4, 0.5) is 0 Å². The summed E-state index contributed by atoms with van der Waals surface area (Å²) in [5.74, 6) is 0.219. The second-order valence-electron chi connectivity index (χ2n) is 3.26. The third-order valence-electron chi connectivity index (χ3n) is 2.18. The first-order valence-corrected chi connectivity index (χ1v) is 5.14. The second-order valence-corrected chi connectivity index (χ2v) is 3.26. The minimum absolute atomic E-state index is 0.0238. The Morgan fingerprint density at radius 1 is 1.46 bits per heavy atom. The van der Waals surface area contributed by atoms with Crippen molar-refractivity contribution in [2.75, 3.05) is 13.2 Å². The number of unbranched alkanes of at least 4 members (excludes halogenated alkanes) is 1. The highest BCUT2D eigenvalue weighted by Gasteiger charge is 2.14. The summed E-state index contributed by atoms with van der Waals surface area (Å²) >= 11 is 0. The number of carbonyl (C=O) groups excluding carboxylic acids is 1. The van der Waals surface area contributed by atoms with Crippen LogP contribution in [0.25, 0.3) is 0 Å². The van der Waals surface area contributed by atoms with E-state index in [1.807, 2.05) is 6.92 Å². The summed E-state index contributed by atoms with van der Waals surface area (Å²) in [5.41, 5.74) is 0. The van der Waals surface area contributed by atoms with Crippen LogP contribution in [0.1, 0.15) is 39.5 Å². The number of nitrogens with one attached hydrogen (secondary N) is 1. The first-order chi connectivity index (χ1) is 6.26. The van der Waals surface area contributed by atoms with E-state index in [-0.39, 0.29) is 18.4 Å².